The van der Waals surface area contributed by atoms with Crippen LogP contribution < -0.4 is 10.6 Å². The SMILES string of the molecule is CN1CCCC(c2cnc(NC3CNC3)nc2)C1. The fraction of sp³-hybridized carbons (Fsp3) is 0.692. The van der Waals surface area contributed by atoms with Gasteiger partial charge < -0.3 is 15.5 Å². The lowest BCUT2D eigenvalue weighted by molar-refractivity contribution is 0.250. The van der Waals surface area contributed by atoms with Gasteiger partial charge in [-0.15, -0.1) is 0 Å². The third kappa shape index (κ3) is 2.62. The normalized spacial score (nSPS) is 25.7. The summed E-state index contributed by atoms with van der Waals surface area (Å²) in [6.45, 7) is 4.37. The quantitative estimate of drug-likeness (QED) is 0.822. The van der Waals surface area contributed by atoms with Gasteiger partial charge >= 0.3 is 0 Å². The maximum Gasteiger partial charge on any atom is 0.222 e. The average Bonchev–Trinajstić information content (AvgIpc) is 2.35. The minimum absolute atomic E-state index is 0.497. The smallest absolute Gasteiger partial charge is 0.222 e. The molecular formula is C13H21N5. The maximum atomic E-state index is 4.43. The molecule has 3 heterocycles. The Balaban J connectivity index is 1.62. The molecule has 5 nitrogen and oxygen atoms in total. The Morgan fingerprint density at radius 3 is 2.72 bits per heavy atom. The van der Waals surface area contributed by atoms with Crippen molar-refractivity contribution in [3.8, 4) is 0 Å². The summed E-state index contributed by atoms with van der Waals surface area (Å²) in [6.07, 6.45) is 6.51. The van der Waals surface area contributed by atoms with Gasteiger partial charge in [0.2, 0.25) is 5.95 Å². The Kier molecular flexibility index (Phi) is 3.43. The van der Waals surface area contributed by atoms with E-state index < -0.39 is 0 Å². The van der Waals surface area contributed by atoms with E-state index in [4.69, 9.17) is 0 Å². The van der Waals surface area contributed by atoms with Crippen molar-refractivity contribution < 1.29 is 0 Å². The van der Waals surface area contributed by atoms with Gasteiger partial charge in [-0.25, -0.2) is 9.97 Å². The van der Waals surface area contributed by atoms with Crippen LogP contribution in [0, 0.1) is 0 Å². The second-order valence-electron chi connectivity index (χ2n) is 5.44. The van der Waals surface area contributed by atoms with E-state index in [9.17, 15) is 0 Å². The third-order valence-corrected chi connectivity index (χ3v) is 3.88. The first-order chi connectivity index (χ1) is 8.81. The summed E-state index contributed by atoms with van der Waals surface area (Å²) in [6, 6.07) is 0.497. The van der Waals surface area contributed by atoms with Gasteiger partial charge in [-0.2, -0.15) is 0 Å². The molecule has 0 bridgehead atoms. The minimum Gasteiger partial charge on any atom is -0.349 e. The van der Waals surface area contributed by atoms with Gasteiger partial charge in [-0.05, 0) is 37.9 Å². The molecule has 0 amide bonds. The van der Waals surface area contributed by atoms with E-state index in [1.54, 1.807) is 0 Å². The second-order valence-corrected chi connectivity index (χ2v) is 5.44. The van der Waals surface area contributed by atoms with Crippen LogP contribution in [0.4, 0.5) is 5.95 Å². The molecule has 2 saturated heterocycles. The number of anilines is 1. The maximum absolute atomic E-state index is 4.43. The number of hydrogen-bond donors (Lipinski definition) is 2. The first-order valence-electron chi connectivity index (χ1n) is 6.79. The first-order valence-corrected chi connectivity index (χ1v) is 6.79. The summed E-state index contributed by atoms with van der Waals surface area (Å²) >= 11 is 0. The molecular weight excluding hydrogens is 226 g/mol. The number of aromatic nitrogens is 2. The van der Waals surface area contributed by atoms with Crippen LogP contribution in [0.25, 0.3) is 0 Å². The molecule has 1 unspecified atom stereocenters. The van der Waals surface area contributed by atoms with Gasteiger partial charge in [0.1, 0.15) is 0 Å². The van der Waals surface area contributed by atoms with Gasteiger partial charge in [-0.3, -0.25) is 0 Å². The molecule has 0 aromatic carbocycles. The van der Waals surface area contributed by atoms with Crippen LogP contribution in [-0.4, -0.2) is 54.1 Å². The van der Waals surface area contributed by atoms with Gasteiger partial charge in [0.05, 0.1) is 6.04 Å². The van der Waals surface area contributed by atoms with Crippen molar-refractivity contribution >= 4 is 5.95 Å². The molecule has 2 N–H and O–H groups in total. The largest absolute Gasteiger partial charge is 0.349 e. The molecule has 0 saturated carbocycles. The number of likely N-dealkylation sites (N-methyl/N-ethyl adjacent to an activating group) is 1. The van der Waals surface area contributed by atoms with Crippen LogP contribution in [-0.2, 0) is 0 Å². The molecule has 0 aliphatic carbocycles. The van der Waals surface area contributed by atoms with Gasteiger partial charge in [0.15, 0.2) is 0 Å². The number of piperidine rings is 1. The third-order valence-electron chi connectivity index (χ3n) is 3.88. The second kappa shape index (κ2) is 5.20. The highest BCUT2D eigenvalue weighted by Gasteiger charge is 2.20. The van der Waals surface area contributed by atoms with E-state index >= 15 is 0 Å². The highest BCUT2D eigenvalue weighted by molar-refractivity contribution is 5.29. The van der Waals surface area contributed by atoms with E-state index in [-0.39, 0.29) is 0 Å². The molecule has 5 heteroatoms. The van der Waals surface area contributed by atoms with Crippen molar-refractivity contribution in [3.63, 3.8) is 0 Å². The molecule has 1 atom stereocenters. The first kappa shape index (κ1) is 11.9. The standard InChI is InChI=1S/C13H21N5/c1-18-4-2-3-10(9-18)11-5-15-13(16-6-11)17-12-7-14-8-12/h5-6,10,12,14H,2-4,7-9H2,1H3,(H,15,16,17). The van der Waals surface area contributed by atoms with Crippen molar-refractivity contribution in [3.05, 3.63) is 18.0 Å². The number of nitrogens with zero attached hydrogens (tertiary/aromatic N) is 3. The Morgan fingerprint density at radius 2 is 2.11 bits per heavy atom. The summed E-state index contributed by atoms with van der Waals surface area (Å²) in [5.41, 5.74) is 1.28. The Morgan fingerprint density at radius 1 is 1.33 bits per heavy atom. The molecule has 0 radical (unpaired) electrons. The fourth-order valence-corrected chi connectivity index (χ4v) is 2.64. The summed E-state index contributed by atoms with van der Waals surface area (Å²) in [4.78, 5) is 11.3. The van der Waals surface area contributed by atoms with E-state index in [1.807, 2.05) is 12.4 Å². The summed E-state index contributed by atoms with van der Waals surface area (Å²) in [7, 11) is 2.19. The zero-order valence-corrected chi connectivity index (χ0v) is 10.9. The van der Waals surface area contributed by atoms with E-state index in [1.165, 1.54) is 24.9 Å². The van der Waals surface area contributed by atoms with Crippen LogP contribution in [0.15, 0.2) is 12.4 Å². The topological polar surface area (TPSA) is 53.1 Å². The fourth-order valence-electron chi connectivity index (χ4n) is 2.64. The van der Waals surface area contributed by atoms with Crippen molar-refractivity contribution in [1.29, 1.82) is 0 Å². The molecule has 18 heavy (non-hydrogen) atoms. The predicted octanol–water partition coefficient (Wildman–Crippen LogP) is 0.669. The molecule has 0 spiro atoms. The molecule has 1 aromatic rings. The number of nitrogens with one attached hydrogen (secondary N) is 2. The number of hydrogen-bond acceptors (Lipinski definition) is 5. The molecule has 98 valence electrons. The van der Waals surface area contributed by atoms with Crippen LogP contribution in [0.3, 0.4) is 0 Å². The number of likely N-dealkylation sites (tertiary alicyclic amines) is 1. The average molecular weight is 247 g/mol. The zero-order valence-electron chi connectivity index (χ0n) is 10.9. The van der Waals surface area contributed by atoms with Crippen LogP contribution >= 0.6 is 0 Å². The Labute approximate surface area is 108 Å². The molecule has 2 fully saturated rings. The van der Waals surface area contributed by atoms with E-state index in [0.29, 0.717) is 12.0 Å². The van der Waals surface area contributed by atoms with E-state index in [2.05, 4.69) is 32.5 Å². The lowest BCUT2D eigenvalue weighted by Crippen LogP contribution is -2.51. The highest BCUT2D eigenvalue weighted by Crippen LogP contribution is 2.25. The Hall–Kier alpha value is -1.20. The minimum atomic E-state index is 0.497. The molecule has 2 aliphatic rings. The Bertz CT molecular complexity index is 387. The zero-order chi connectivity index (χ0) is 12.4. The van der Waals surface area contributed by atoms with Crippen LogP contribution in [0.1, 0.15) is 24.3 Å². The highest BCUT2D eigenvalue weighted by atomic mass is 15.2. The summed E-state index contributed by atoms with van der Waals surface area (Å²) in [5.74, 6) is 1.36. The van der Waals surface area contributed by atoms with Gasteiger partial charge in [-0.1, -0.05) is 0 Å². The van der Waals surface area contributed by atoms with Gasteiger partial charge in [0, 0.05) is 32.0 Å². The number of rotatable bonds is 3. The summed E-state index contributed by atoms with van der Waals surface area (Å²) < 4.78 is 0. The molecule has 2 aliphatic heterocycles. The van der Waals surface area contributed by atoms with Gasteiger partial charge in [0.25, 0.3) is 0 Å². The summed E-state index contributed by atoms with van der Waals surface area (Å²) in [5, 5.41) is 6.55. The lowest BCUT2D eigenvalue weighted by atomic mass is 9.93. The van der Waals surface area contributed by atoms with E-state index in [0.717, 1.165) is 25.6 Å². The van der Waals surface area contributed by atoms with Crippen LogP contribution in [0.2, 0.25) is 0 Å². The molecule has 3 rings (SSSR count). The van der Waals surface area contributed by atoms with Crippen LogP contribution in [0.5, 0.6) is 0 Å². The van der Waals surface area contributed by atoms with Crippen molar-refractivity contribution in [2.24, 2.45) is 0 Å². The van der Waals surface area contributed by atoms with Crippen molar-refractivity contribution in [2.75, 3.05) is 38.5 Å². The molecule has 1 aromatic heterocycles. The van der Waals surface area contributed by atoms with Crippen molar-refractivity contribution in [1.82, 2.24) is 20.2 Å². The predicted molar refractivity (Wildman–Crippen MR) is 71.8 cm³/mol. The van der Waals surface area contributed by atoms with Crippen molar-refractivity contribution in [2.45, 2.75) is 24.8 Å². The lowest BCUT2D eigenvalue weighted by Gasteiger charge is -2.30. The monoisotopic (exact) mass is 247 g/mol.